The van der Waals surface area contributed by atoms with Crippen LogP contribution in [0, 0.1) is 0 Å². The molecule has 2 aromatic rings. The minimum Gasteiger partial charge on any atom is -0.380 e. The van der Waals surface area contributed by atoms with Crippen LogP contribution in [0.3, 0.4) is 0 Å². The largest absolute Gasteiger partial charge is 0.380 e. The second-order valence-electron chi connectivity index (χ2n) is 5.58. The van der Waals surface area contributed by atoms with Gasteiger partial charge in [0.1, 0.15) is 5.82 Å². The van der Waals surface area contributed by atoms with E-state index in [-0.39, 0.29) is 12.1 Å². The fourth-order valence-corrected chi connectivity index (χ4v) is 3.01. The van der Waals surface area contributed by atoms with Crippen molar-refractivity contribution in [3.05, 3.63) is 53.6 Å². The molecule has 1 saturated heterocycles. The van der Waals surface area contributed by atoms with Gasteiger partial charge < -0.3 is 15.5 Å². The Hall–Kier alpha value is -2.18. The maximum atomic E-state index is 11.3. The van der Waals surface area contributed by atoms with E-state index in [1.807, 2.05) is 24.4 Å². The van der Waals surface area contributed by atoms with Crippen LogP contribution in [0.25, 0.3) is 0 Å². The van der Waals surface area contributed by atoms with Crippen LogP contribution in [-0.4, -0.2) is 40.5 Å². The van der Waals surface area contributed by atoms with Crippen LogP contribution in [0.5, 0.6) is 0 Å². The quantitative estimate of drug-likeness (QED) is 0.876. The molecule has 2 atom stereocenters. The van der Waals surface area contributed by atoms with E-state index in [2.05, 4.69) is 14.9 Å². The third-order valence-corrected chi connectivity index (χ3v) is 4.13. The summed E-state index contributed by atoms with van der Waals surface area (Å²) in [5, 5.41) is 0. The number of rotatable bonds is 5. The molecule has 0 radical (unpaired) electrons. The number of hydrogen-bond acceptors (Lipinski definition) is 4. The molecule has 1 aromatic carbocycles. The average molecular weight is 300 g/mol. The van der Waals surface area contributed by atoms with Gasteiger partial charge in [-0.1, -0.05) is 12.1 Å². The van der Waals surface area contributed by atoms with E-state index in [1.165, 1.54) is 0 Å². The Morgan fingerprint density at radius 1 is 1.55 bits per heavy atom. The number of H-pyrrole nitrogens is 1. The Kier molecular flexibility index (Phi) is 4.22. The molecule has 1 aliphatic heterocycles. The molecule has 0 saturated carbocycles. The molecule has 3 N–H and O–H groups in total. The summed E-state index contributed by atoms with van der Waals surface area (Å²) >= 11 is 0. The minimum absolute atomic E-state index is 0.189. The first-order valence-electron chi connectivity index (χ1n) is 7.32. The molecule has 1 unspecified atom stereocenters. The Bertz CT molecular complexity index is 641. The molecule has 22 heavy (non-hydrogen) atoms. The topological polar surface area (TPSA) is 84.2 Å². The van der Waals surface area contributed by atoms with E-state index in [9.17, 15) is 4.79 Å². The van der Waals surface area contributed by atoms with E-state index in [1.54, 1.807) is 19.4 Å². The molecule has 6 heteroatoms. The summed E-state index contributed by atoms with van der Waals surface area (Å²) < 4.78 is 5.51. The summed E-state index contributed by atoms with van der Waals surface area (Å²) in [5.74, 6) is 0.547. The summed E-state index contributed by atoms with van der Waals surface area (Å²) in [4.78, 5) is 21.2. The normalized spacial score (nSPS) is 22.0. The second kappa shape index (κ2) is 6.29. The van der Waals surface area contributed by atoms with E-state index in [4.69, 9.17) is 10.5 Å². The van der Waals surface area contributed by atoms with Gasteiger partial charge >= 0.3 is 0 Å². The second-order valence-corrected chi connectivity index (χ2v) is 5.58. The highest BCUT2D eigenvalue weighted by Crippen LogP contribution is 2.32. The molecule has 0 spiro atoms. The highest BCUT2D eigenvalue weighted by Gasteiger charge is 2.34. The summed E-state index contributed by atoms with van der Waals surface area (Å²) in [7, 11) is 1.74. The number of likely N-dealkylation sites (tertiary alicyclic amines) is 1. The zero-order valence-corrected chi connectivity index (χ0v) is 12.5. The van der Waals surface area contributed by atoms with Crippen molar-refractivity contribution in [1.29, 1.82) is 0 Å². The molecule has 116 valence electrons. The molecular weight excluding hydrogens is 280 g/mol. The highest BCUT2D eigenvalue weighted by molar-refractivity contribution is 5.92. The Morgan fingerprint density at radius 3 is 3.09 bits per heavy atom. The fraction of sp³-hybridized carbons (Fsp3) is 0.375. The van der Waals surface area contributed by atoms with Crippen LogP contribution < -0.4 is 5.73 Å². The number of nitrogens with one attached hydrogen (secondary N) is 1. The van der Waals surface area contributed by atoms with Crippen molar-refractivity contribution in [3.8, 4) is 0 Å². The van der Waals surface area contributed by atoms with Gasteiger partial charge in [-0.2, -0.15) is 0 Å². The number of aromatic amines is 1. The van der Waals surface area contributed by atoms with Gasteiger partial charge in [-0.25, -0.2) is 4.98 Å². The van der Waals surface area contributed by atoms with Gasteiger partial charge in [-0.15, -0.1) is 0 Å². The van der Waals surface area contributed by atoms with E-state index in [0.29, 0.717) is 5.56 Å². The molecule has 1 amide bonds. The third kappa shape index (κ3) is 3.03. The molecule has 6 nitrogen and oxygen atoms in total. The Morgan fingerprint density at radius 2 is 2.41 bits per heavy atom. The fourth-order valence-electron chi connectivity index (χ4n) is 3.01. The number of carbonyl (C=O) groups excluding carboxylic acids is 1. The molecular formula is C16H20N4O2. The van der Waals surface area contributed by atoms with E-state index in [0.717, 1.165) is 30.9 Å². The molecule has 2 heterocycles. The SMILES string of the molecule is CO[C@@H]1CC(c2ncc[nH]2)N(Cc2cccc(C(N)=O)c2)C1. The number of carbonyl (C=O) groups is 1. The van der Waals surface area contributed by atoms with Gasteiger partial charge in [0.2, 0.25) is 5.91 Å². The first-order chi connectivity index (χ1) is 10.7. The number of primary amides is 1. The molecule has 1 fully saturated rings. The van der Waals surface area contributed by atoms with Gasteiger partial charge in [0, 0.05) is 38.2 Å². The van der Waals surface area contributed by atoms with Crippen molar-refractivity contribution in [2.24, 2.45) is 5.73 Å². The van der Waals surface area contributed by atoms with Gasteiger partial charge in [0.25, 0.3) is 0 Å². The average Bonchev–Trinajstić information content (AvgIpc) is 3.16. The number of amides is 1. The van der Waals surface area contributed by atoms with Crippen molar-refractivity contribution in [2.45, 2.75) is 25.1 Å². The summed E-state index contributed by atoms with van der Waals surface area (Å²) in [5.41, 5.74) is 6.95. The van der Waals surface area contributed by atoms with Crippen molar-refractivity contribution < 1.29 is 9.53 Å². The summed E-state index contributed by atoms with van der Waals surface area (Å²) in [6, 6.07) is 7.64. The predicted molar refractivity (Wildman–Crippen MR) is 82.1 cm³/mol. The van der Waals surface area contributed by atoms with Crippen molar-refractivity contribution >= 4 is 5.91 Å². The van der Waals surface area contributed by atoms with Crippen LogP contribution in [-0.2, 0) is 11.3 Å². The lowest BCUT2D eigenvalue weighted by Crippen LogP contribution is -2.25. The number of methoxy groups -OCH3 is 1. The summed E-state index contributed by atoms with van der Waals surface area (Å²) in [6.07, 6.45) is 4.69. The van der Waals surface area contributed by atoms with Crippen molar-refractivity contribution in [2.75, 3.05) is 13.7 Å². The molecule has 1 aliphatic rings. The summed E-state index contributed by atoms with van der Waals surface area (Å²) in [6.45, 7) is 1.56. The predicted octanol–water partition coefficient (Wildman–Crippen LogP) is 1.47. The van der Waals surface area contributed by atoms with Crippen molar-refractivity contribution in [1.82, 2.24) is 14.9 Å². The Labute approximate surface area is 129 Å². The number of nitrogens with two attached hydrogens (primary N) is 1. The molecule has 0 aliphatic carbocycles. The monoisotopic (exact) mass is 300 g/mol. The van der Waals surface area contributed by atoms with E-state index < -0.39 is 5.91 Å². The first kappa shape index (κ1) is 14.7. The number of ether oxygens (including phenoxy) is 1. The number of aromatic nitrogens is 2. The van der Waals surface area contributed by atoms with Gasteiger partial charge in [-0.3, -0.25) is 9.69 Å². The molecule has 0 bridgehead atoms. The lowest BCUT2D eigenvalue weighted by atomic mass is 10.1. The van der Waals surface area contributed by atoms with Crippen LogP contribution in [0.1, 0.15) is 34.2 Å². The lowest BCUT2D eigenvalue weighted by Gasteiger charge is -2.22. The molecule has 3 rings (SSSR count). The van der Waals surface area contributed by atoms with Gasteiger partial charge in [0.05, 0.1) is 12.1 Å². The minimum atomic E-state index is -0.402. The van der Waals surface area contributed by atoms with Gasteiger partial charge in [-0.05, 0) is 24.1 Å². The maximum absolute atomic E-state index is 11.3. The van der Waals surface area contributed by atoms with Crippen molar-refractivity contribution in [3.63, 3.8) is 0 Å². The van der Waals surface area contributed by atoms with Crippen LogP contribution >= 0.6 is 0 Å². The highest BCUT2D eigenvalue weighted by atomic mass is 16.5. The van der Waals surface area contributed by atoms with Crippen LogP contribution in [0.4, 0.5) is 0 Å². The van der Waals surface area contributed by atoms with Crippen LogP contribution in [0.15, 0.2) is 36.7 Å². The zero-order valence-electron chi connectivity index (χ0n) is 12.5. The number of nitrogens with zero attached hydrogens (tertiary/aromatic N) is 2. The van der Waals surface area contributed by atoms with Gasteiger partial charge in [0.15, 0.2) is 0 Å². The number of imidazole rings is 1. The first-order valence-corrected chi connectivity index (χ1v) is 7.32. The lowest BCUT2D eigenvalue weighted by molar-refractivity contribution is 0.0999. The van der Waals surface area contributed by atoms with Crippen LogP contribution in [0.2, 0.25) is 0 Å². The third-order valence-electron chi connectivity index (χ3n) is 4.13. The van der Waals surface area contributed by atoms with E-state index >= 15 is 0 Å². The number of benzene rings is 1. The Balaban J connectivity index is 1.80. The molecule has 1 aromatic heterocycles. The smallest absolute Gasteiger partial charge is 0.248 e. The standard InChI is InChI=1S/C16H20N4O2/c1-22-13-8-14(16-18-5-6-19-16)20(10-13)9-11-3-2-4-12(7-11)15(17)21/h2-7,13-14H,8-10H2,1H3,(H2,17,21)(H,18,19)/t13-,14?/m1/s1. The zero-order chi connectivity index (χ0) is 15.5. The maximum Gasteiger partial charge on any atom is 0.248 e. The number of hydrogen-bond donors (Lipinski definition) is 2.